The molecule has 1 aliphatic rings. The van der Waals surface area contributed by atoms with Crippen molar-refractivity contribution in [2.24, 2.45) is 0 Å². The lowest BCUT2D eigenvalue weighted by molar-refractivity contribution is -0.385. The highest BCUT2D eigenvalue weighted by Crippen LogP contribution is 2.25. The summed E-state index contributed by atoms with van der Waals surface area (Å²) in [5.41, 5.74) is 0.586. The van der Waals surface area contributed by atoms with E-state index in [2.05, 4.69) is 12.2 Å². The first-order valence-electron chi connectivity index (χ1n) is 5.76. The maximum Gasteiger partial charge on any atom is 0.275 e. The van der Waals surface area contributed by atoms with Crippen LogP contribution in [0.15, 0.2) is 18.2 Å². The van der Waals surface area contributed by atoms with Gasteiger partial charge >= 0.3 is 0 Å². The van der Waals surface area contributed by atoms with E-state index < -0.39 is 4.92 Å². The number of nitro benzene ring substituents is 1. The fourth-order valence-corrected chi connectivity index (χ4v) is 2.14. The summed E-state index contributed by atoms with van der Waals surface area (Å²) < 4.78 is 5.33. The molecular weight excluding hydrogens is 256 g/mol. The van der Waals surface area contributed by atoms with E-state index in [1.54, 1.807) is 12.1 Å². The summed E-state index contributed by atoms with van der Waals surface area (Å²) in [6, 6.07) is 4.73. The molecule has 1 atom stereocenters. The third kappa shape index (κ3) is 2.98. The van der Waals surface area contributed by atoms with Crippen molar-refractivity contribution in [3.8, 4) is 0 Å². The highest BCUT2D eigenvalue weighted by atomic mass is 35.5. The second-order valence-electron chi connectivity index (χ2n) is 4.75. The molecule has 1 saturated heterocycles. The summed E-state index contributed by atoms with van der Waals surface area (Å²) >= 11 is 5.77. The molecule has 0 radical (unpaired) electrons. The first-order valence-corrected chi connectivity index (χ1v) is 6.14. The van der Waals surface area contributed by atoms with E-state index in [-0.39, 0.29) is 11.2 Å². The Morgan fingerprint density at radius 3 is 3.00 bits per heavy atom. The maximum atomic E-state index is 10.9. The summed E-state index contributed by atoms with van der Waals surface area (Å²) in [5.74, 6) is 0. The number of nitro groups is 1. The average molecular weight is 271 g/mol. The Morgan fingerprint density at radius 2 is 2.39 bits per heavy atom. The van der Waals surface area contributed by atoms with Gasteiger partial charge in [-0.25, -0.2) is 0 Å². The van der Waals surface area contributed by atoms with Gasteiger partial charge in [-0.15, -0.1) is 0 Å². The molecule has 1 fully saturated rings. The zero-order valence-electron chi connectivity index (χ0n) is 10.1. The third-order valence-electron chi connectivity index (χ3n) is 3.17. The van der Waals surface area contributed by atoms with Crippen molar-refractivity contribution in [1.82, 2.24) is 5.32 Å². The standard InChI is InChI=1S/C12H15ClN2O3/c1-12(4-5-18-8-12)14-7-9-2-3-10(13)6-11(9)15(16)17/h2-3,6,14H,4-5,7-8H2,1H3. The van der Waals surface area contributed by atoms with Crippen molar-refractivity contribution < 1.29 is 9.66 Å². The van der Waals surface area contributed by atoms with Crippen LogP contribution < -0.4 is 5.32 Å². The number of nitrogens with zero attached hydrogens (tertiary/aromatic N) is 1. The molecule has 1 heterocycles. The second-order valence-corrected chi connectivity index (χ2v) is 5.18. The number of hydrogen-bond donors (Lipinski definition) is 1. The zero-order chi connectivity index (χ0) is 13.2. The van der Waals surface area contributed by atoms with Crippen LogP contribution in [0, 0.1) is 10.1 Å². The van der Waals surface area contributed by atoms with Gasteiger partial charge in [-0.05, 0) is 25.5 Å². The van der Waals surface area contributed by atoms with Crippen molar-refractivity contribution >= 4 is 17.3 Å². The third-order valence-corrected chi connectivity index (χ3v) is 3.40. The van der Waals surface area contributed by atoms with Gasteiger partial charge in [-0.2, -0.15) is 0 Å². The van der Waals surface area contributed by atoms with Gasteiger partial charge in [0.1, 0.15) is 0 Å². The molecule has 0 bridgehead atoms. The van der Waals surface area contributed by atoms with Crippen LogP contribution in [0.4, 0.5) is 5.69 Å². The van der Waals surface area contributed by atoms with Gasteiger partial charge in [0, 0.05) is 35.3 Å². The lowest BCUT2D eigenvalue weighted by Gasteiger charge is -2.23. The maximum absolute atomic E-state index is 10.9. The molecule has 0 aromatic heterocycles. The molecule has 18 heavy (non-hydrogen) atoms. The summed E-state index contributed by atoms with van der Waals surface area (Å²) in [6.45, 7) is 3.86. The highest BCUT2D eigenvalue weighted by Gasteiger charge is 2.29. The van der Waals surface area contributed by atoms with Crippen molar-refractivity contribution in [2.45, 2.75) is 25.4 Å². The number of halogens is 1. The van der Waals surface area contributed by atoms with Crippen LogP contribution in [-0.2, 0) is 11.3 Å². The Balaban J connectivity index is 2.11. The van der Waals surface area contributed by atoms with Gasteiger partial charge in [-0.3, -0.25) is 10.1 Å². The lowest BCUT2D eigenvalue weighted by atomic mass is 10.0. The van der Waals surface area contributed by atoms with E-state index in [1.807, 2.05) is 0 Å². The average Bonchev–Trinajstić information content (AvgIpc) is 2.75. The Morgan fingerprint density at radius 1 is 1.61 bits per heavy atom. The minimum Gasteiger partial charge on any atom is -0.379 e. The van der Waals surface area contributed by atoms with Crippen LogP contribution in [0.25, 0.3) is 0 Å². The van der Waals surface area contributed by atoms with Crippen LogP contribution >= 0.6 is 11.6 Å². The Kier molecular flexibility index (Phi) is 3.85. The van der Waals surface area contributed by atoms with E-state index in [4.69, 9.17) is 16.3 Å². The molecule has 1 aliphatic heterocycles. The molecule has 0 saturated carbocycles. The largest absolute Gasteiger partial charge is 0.379 e. The summed E-state index contributed by atoms with van der Waals surface area (Å²) in [4.78, 5) is 10.5. The fraction of sp³-hybridized carbons (Fsp3) is 0.500. The minimum atomic E-state index is -0.406. The Bertz CT molecular complexity index is 459. The topological polar surface area (TPSA) is 64.4 Å². The molecule has 98 valence electrons. The highest BCUT2D eigenvalue weighted by molar-refractivity contribution is 6.30. The minimum absolute atomic E-state index is 0.0533. The van der Waals surface area contributed by atoms with E-state index in [1.165, 1.54) is 6.07 Å². The van der Waals surface area contributed by atoms with Crippen LogP contribution in [0.2, 0.25) is 5.02 Å². The monoisotopic (exact) mass is 270 g/mol. The number of nitrogens with one attached hydrogen (secondary N) is 1. The Labute approximate surface area is 110 Å². The molecule has 0 spiro atoms. The van der Waals surface area contributed by atoms with Crippen LogP contribution in [0.5, 0.6) is 0 Å². The number of rotatable bonds is 4. The van der Waals surface area contributed by atoms with Crippen LogP contribution in [-0.4, -0.2) is 23.7 Å². The number of benzene rings is 1. The van der Waals surface area contributed by atoms with Crippen LogP contribution in [0.3, 0.4) is 0 Å². The number of ether oxygens (including phenoxy) is 1. The van der Waals surface area contributed by atoms with Crippen molar-refractivity contribution in [2.75, 3.05) is 13.2 Å². The normalized spacial score (nSPS) is 23.2. The van der Waals surface area contributed by atoms with Crippen molar-refractivity contribution in [3.63, 3.8) is 0 Å². The van der Waals surface area contributed by atoms with Gasteiger partial charge in [0.2, 0.25) is 0 Å². The van der Waals surface area contributed by atoms with E-state index >= 15 is 0 Å². The van der Waals surface area contributed by atoms with E-state index in [9.17, 15) is 10.1 Å². The molecule has 1 aromatic carbocycles. The smallest absolute Gasteiger partial charge is 0.275 e. The zero-order valence-corrected chi connectivity index (χ0v) is 10.9. The Hall–Kier alpha value is -1.17. The van der Waals surface area contributed by atoms with Crippen LogP contribution in [0.1, 0.15) is 18.9 Å². The molecule has 1 N–H and O–H groups in total. The predicted octanol–water partition coefficient (Wildman–Crippen LogP) is 2.52. The summed E-state index contributed by atoms with van der Waals surface area (Å²) in [7, 11) is 0. The van der Waals surface area contributed by atoms with Crippen molar-refractivity contribution in [1.29, 1.82) is 0 Å². The molecule has 5 nitrogen and oxygen atoms in total. The van der Waals surface area contributed by atoms with Gasteiger partial charge in [0.05, 0.1) is 11.5 Å². The van der Waals surface area contributed by atoms with E-state index in [0.717, 1.165) is 13.0 Å². The number of hydrogen-bond acceptors (Lipinski definition) is 4. The van der Waals surface area contributed by atoms with Crippen molar-refractivity contribution in [3.05, 3.63) is 38.9 Å². The molecule has 1 unspecified atom stereocenters. The van der Waals surface area contributed by atoms with Gasteiger partial charge in [-0.1, -0.05) is 11.6 Å². The summed E-state index contributed by atoms with van der Waals surface area (Å²) in [6.07, 6.45) is 0.911. The first kappa shape index (κ1) is 13.3. The molecule has 6 heteroatoms. The second kappa shape index (κ2) is 5.22. The molecule has 2 rings (SSSR count). The van der Waals surface area contributed by atoms with Gasteiger partial charge in [0.25, 0.3) is 5.69 Å². The van der Waals surface area contributed by atoms with E-state index in [0.29, 0.717) is 23.7 Å². The molecule has 0 aliphatic carbocycles. The predicted molar refractivity (Wildman–Crippen MR) is 68.8 cm³/mol. The molecule has 1 aromatic rings. The fourth-order valence-electron chi connectivity index (χ4n) is 1.97. The quantitative estimate of drug-likeness (QED) is 0.674. The molecular formula is C12H15ClN2O3. The van der Waals surface area contributed by atoms with Gasteiger partial charge < -0.3 is 10.1 Å². The van der Waals surface area contributed by atoms with Gasteiger partial charge in [0.15, 0.2) is 0 Å². The SMILES string of the molecule is CC1(NCc2ccc(Cl)cc2[N+](=O)[O-])CCOC1. The lowest BCUT2D eigenvalue weighted by Crippen LogP contribution is -2.42. The summed E-state index contributed by atoms with van der Waals surface area (Å²) in [5, 5.41) is 14.6. The first-order chi connectivity index (χ1) is 8.50. The molecule has 0 amide bonds.